The maximum atomic E-state index is 14.5. The molecule has 0 aromatic heterocycles. The van der Waals surface area contributed by atoms with Crippen LogP contribution in [0.15, 0.2) is 34.1 Å². The van der Waals surface area contributed by atoms with Crippen molar-refractivity contribution in [3.8, 4) is 0 Å². The van der Waals surface area contributed by atoms with E-state index < -0.39 is 25.3 Å². The summed E-state index contributed by atoms with van der Waals surface area (Å²) in [6, 6.07) is 5.09. The molecule has 0 radical (unpaired) electrons. The van der Waals surface area contributed by atoms with Crippen LogP contribution in [0.3, 0.4) is 0 Å². The molecule has 1 aliphatic rings. The average Bonchev–Trinajstić information content (AvgIpc) is 2.46. The van der Waals surface area contributed by atoms with Crippen LogP contribution >= 0.6 is 0 Å². The molecule has 0 saturated heterocycles. The molecule has 0 unspecified atom stereocenters. The van der Waals surface area contributed by atoms with Gasteiger partial charge in [-0.2, -0.15) is 0 Å². The minimum atomic E-state index is -3.59. The minimum absolute atomic E-state index is 0.00314. The number of benzene rings is 1. The van der Waals surface area contributed by atoms with Gasteiger partial charge in [0, 0.05) is 6.26 Å². The van der Waals surface area contributed by atoms with E-state index in [4.69, 9.17) is 0 Å². The predicted octanol–water partition coefficient (Wildman–Crippen LogP) is 2.93. The third-order valence-electron chi connectivity index (χ3n) is 4.18. The summed E-state index contributed by atoms with van der Waals surface area (Å²) in [5.41, 5.74) is -1.38. The summed E-state index contributed by atoms with van der Waals surface area (Å²) in [6.45, 7) is 0. The molecular formula is C15H21FO4S2. The molecule has 1 aromatic rings. The van der Waals surface area contributed by atoms with E-state index in [1.807, 2.05) is 0 Å². The van der Waals surface area contributed by atoms with E-state index in [1.165, 1.54) is 24.3 Å². The first kappa shape index (κ1) is 17.4. The predicted molar refractivity (Wildman–Crippen MR) is 83.1 cm³/mol. The second-order valence-corrected chi connectivity index (χ2v) is 10.1. The molecular weight excluding hydrogens is 327 g/mol. The van der Waals surface area contributed by atoms with Crippen LogP contribution in [0.25, 0.3) is 0 Å². The molecule has 0 heterocycles. The Labute approximate surface area is 131 Å². The highest BCUT2D eigenvalue weighted by Crippen LogP contribution is 2.35. The van der Waals surface area contributed by atoms with Crippen molar-refractivity contribution in [1.29, 1.82) is 0 Å². The molecule has 0 spiro atoms. The Kier molecular flexibility index (Phi) is 4.96. The number of hydrogen-bond acceptors (Lipinski definition) is 4. The Morgan fingerprint density at radius 2 is 1.45 bits per heavy atom. The fourth-order valence-electron chi connectivity index (χ4n) is 2.76. The molecule has 1 aromatic carbocycles. The van der Waals surface area contributed by atoms with Crippen molar-refractivity contribution in [1.82, 2.24) is 0 Å². The molecule has 0 atom stereocenters. The zero-order chi connectivity index (χ0) is 16.4. The van der Waals surface area contributed by atoms with E-state index in [0.717, 1.165) is 25.5 Å². The molecule has 1 saturated carbocycles. The van der Waals surface area contributed by atoms with Crippen LogP contribution < -0.4 is 0 Å². The summed E-state index contributed by atoms with van der Waals surface area (Å²) in [6.07, 6.45) is 4.53. The lowest BCUT2D eigenvalue weighted by Gasteiger charge is -2.29. The molecule has 1 aliphatic carbocycles. The molecule has 7 heteroatoms. The number of rotatable bonds is 5. The first-order valence-corrected chi connectivity index (χ1v) is 10.9. The van der Waals surface area contributed by atoms with Crippen molar-refractivity contribution in [2.45, 2.75) is 54.0 Å². The number of hydrogen-bond donors (Lipinski definition) is 0. The monoisotopic (exact) mass is 348 g/mol. The number of halogens is 1. The van der Waals surface area contributed by atoms with E-state index in [9.17, 15) is 21.2 Å². The lowest BCUT2D eigenvalue weighted by atomic mass is 9.85. The molecule has 124 valence electrons. The van der Waals surface area contributed by atoms with Gasteiger partial charge < -0.3 is 0 Å². The van der Waals surface area contributed by atoms with Gasteiger partial charge in [-0.1, -0.05) is 19.3 Å². The normalized spacial score (nSPS) is 19.0. The fraction of sp³-hybridized carbons (Fsp3) is 0.600. The molecule has 4 nitrogen and oxygen atoms in total. The largest absolute Gasteiger partial charge is 0.244 e. The third-order valence-corrected chi connectivity index (χ3v) is 7.04. The van der Waals surface area contributed by atoms with E-state index in [1.54, 1.807) is 0 Å². The van der Waals surface area contributed by atoms with Gasteiger partial charge in [0.05, 0.1) is 15.5 Å². The Morgan fingerprint density at radius 3 is 1.95 bits per heavy atom. The van der Waals surface area contributed by atoms with Gasteiger partial charge in [-0.15, -0.1) is 0 Å². The van der Waals surface area contributed by atoms with Crippen molar-refractivity contribution < 1.29 is 21.2 Å². The van der Waals surface area contributed by atoms with Crippen molar-refractivity contribution in [2.24, 2.45) is 0 Å². The van der Waals surface area contributed by atoms with Crippen LogP contribution in [-0.4, -0.2) is 34.5 Å². The van der Waals surface area contributed by atoms with Crippen molar-refractivity contribution >= 4 is 19.7 Å². The molecule has 2 rings (SSSR count). The Bertz CT molecular complexity index is 715. The van der Waals surface area contributed by atoms with Crippen LogP contribution in [0.5, 0.6) is 0 Å². The average molecular weight is 348 g/mol. The molecule has 0 bridgehead atoms. The zero-order valence-corrected chi connectivity index (χ0v) is 14.2. The summed E-state index contributed by atoms with van der Waals surface area (Å²) < 4.78 is 61.8. The van der Waals surface area contributed by atoms with E-state index in [-0.39, 0.29) is 22.0 Å². The fourth-order valence-corrected chi connectivity index (χ4v) is 4.82. The van der Waals surface area contributed by atoms with Gasteiger partial charge in [-0.25, -0.2) is 21.2 Å². The van der Waals surface area contributed by atoms with Crippen molar-refractivity contribution in [2.75, 3.05) is 12.0 Å². The highest BCUT2D eigenvalue weighted by atomic mass is 32.2. The van der Waals surface area contributed by atoms with E-state index >= 15 is 0 Å². The van der Waals surface area contributed by atoms with E-state index in [2.05, 4.69) is 0 Å². The van der Waals surface area contributed by atoms with Gasteiger partial charge in [0.1, 0.15) is 5.67 Å². The molecule has 1 fully saturated rings. The number of sulfone groups is 2. The summed E-state index contributed by atoms with van der Waals surface area (Å²) in [7, 11) is -6.95. The molecule has 22 heavy (non-hydrogen) atoms. The quantitative estimate of drug-likeness (QED) is 0.820. The Morgan fingerprint density at radius 1 is 0.955 bits per heavy atom. The number of alkyl halides is 1. The first-order valence-electron chi connectivity index (χ1n) is 7.34. The van der Waals surface area contributed by atoms with Crippen LogP contribution in [0.1, 0.15) is 38.5 Å². The van der Waals surface area contributed by atoms with Crippen LogP contribution in [0, 0.1) is 0 Å². The third kappa shape index (κ3) is 4.29. The van der Waals surface area contributed by atoms with Crippen LogP contribution in [0.2, 0.25) is 0 Å². The maximum absolute atomic E-state index is 14.5. The van der Waals surface area contributed by atoms with Gasteiger partial charge >= 0.3 is 0 Å². The highest BCUT2D eigenvalue weighted by molar-refractivity contribution is 7.91. The van der Waals surface area contributed by atoms with Gasteiger partial charge in [0.25, 0.3) is 0 Å². The lowest BCUT2D eigenvalue weighted by molar-refractivity contribution is 0.103. The molecule has 0 aliphatic heterocycles. The molecule has 0 amide bonds. The standard InChI is InChI=1S/C15H21FO4S2/c1-21(17,18)13-5-7-14(8-6-13)22(19,20)12-11-15(16)9-3-2-4-10-15/h5-8H,2-4,9-12H2,1H3. The van der Waals surface area contributed by atoms with Gasteiger partial charge in [-0.3, -0.25) is 0 Å². The summed E-state index contributed by atoms with van der Waals surface area (Å²) in [4.78, 5) is 0.111. The zero-order valence-electron chi connectivity index (χ0n) is 12.6. The van der Waals surface area contributed by atoms with Crippen LogP contribution in [0.4, 0.5) is 4.39 Å². The van der Waals surface area contributed by atoms with Gasteiger partial charge in [0.2, 0.25) is 0 Å². The van der Waals surface area contributed by atoms with Gasteiger partial charge in [-0.05, 0) is 43.5 Å². The van der Waals surface area contributed by atoms with E-state index in [0.29, 0.717) is 12.8 Å². The topological polar surface area (TPSA) is 68.3 Å². The second-order valence-electron chi connectivity index (χ2n) is 6.02. The van der Waals surface area contributed by atoms with Crippen molar-refractivity contribution in [3.63, 3.8) is 0 Å². The molecule has 0 N–H and O–H groups in total. The van der Waals surface area contributed by atoms with Crippen LogP contribution in [-0.2, 0) is 19.7 Å². The summed E-state index contributed by atoms with van der Waals surface area (Å²) >= 11 is 0. The van der Waals surface area contributed by atoms with Gasteiger partial charge in [0.15, 0.2) is 19.7 Å². The SMILES string of the molecule is CS(=O)(=O)c1ccc(S(=O)(=O)CCC2(F)CCCCC2)cc1. The Balaban J connectivity index is 2.10. The van der Waals surface area contributed by atoms with Crippen molar-refractivity contribution in [3.05, 3.63) is 24.3 Å². The maximum Gasteiger partial charge on any atom is 0.178 e. The second kappa shape index (κ2) is 6.28. The summed E-state index contributed by atoms with van der Waals surface area (Å²) in [5, 5.41) is 0. The minimum Gasteiger partial charge on any atom is -0.244 e. The first-order chi connectivity index (χ1) is 10.1. The Hall–Kier alpha value is -0.950. The summed E-state index contributed by atoms with van der Waals surface area (Å²) in [5.74, 6) is -0.248. The lowest BCUT2D eigenvalue weighted by Crippen LogP contribution is -2.29. The highest BCUT2D eigenvalue weighted by Gasteiger charge is 2.33. The smallest absolute Gasteiger partial charge is 0.178 e.